The predicted molar refractivity (Wildman–Crippen MR) is 68.1 cm³/mol. The highest BCUT2D eigenvalue weighted by Gasteiger charge is 2.28. The standard InChI is InChI=1S/C12H16BrNO3/c13-9-1-3-10(4-2-9)17-6-5-14-7-11(15)12(16)8-14/h1-4,11-12,15-16H,5-8H2/t11-,12+. The lowest BCUT2D eigenvalue weighted by Crippen LogP contribution is -2.27. The van der Waals surface area contributed by atoms with E-state index < -0.39 is 12.2 Å². The minimum atomic E-state index is -0.623. The molecule has 0 saturated carbocycles. The maximum absolute atomic E-state index is 9.38. The molecule has 5 heteroatoms. The van der Waals surface area contributed by atoms with E-state index in [0.29, 0.717) is 26.2 Å². The zero-order valence-corrected chi connectivity index (χ0v) is 11.0. The van der Waals surface area contributed by atoms with Crippen molar-refractivity contribution in [1.29, 1.82) is 0 Å². The van der Waals surface area contributed by atoms with E-state index in [-0.39, 0.29) is 0 Å². The molecular formula is C12H16BrNO3. The molecular weight excluding hydrogens is 286 g/mol. The monoisotopic (exact) mass is 301 g/mol. The van der Waals surface area contributed by atoms with Crippen LogP contribution in [-0.2, 0) is 0 Å². The molecule has 0 bridgehead atoms. The second-order valence-electron chi connectivity index (χ2n) is 4.20. The van der Waals surface area contributed by atoms with Crippen LogP contribution >= 0.6 is 15.9 Å². The summed E-state index contributed by atoms with van der Waals surface area (Å²) in [4.78, 5) is 1.99. The summed E-state index contributed by atoms with van der Waals surface area (Å²) in [6.07, 6.45) is -1.25. The van der Waals surface area contributed by atoms with Crippen molar-refractivity contribution in [3.8, 4) is 5.75 Å². The van der Waals surface area contributed by atoms with Gasteiger partial charge >= 0.3 is 0 Å². The van der Waals surface area contributed by atoms with Gasteiger partial charge in [-0.05, 0) is 24.3 Å². The summed E-state index contributed by atoms with van der Waals surface area (Å²) in [7, 11) is 0. The van der Waals surface area contributed by atoms with Crippen LogP contribution in [0.4, 0.5) is 0 Å². The van der Waals surface area contributed by atoms with E-state index in [0.717, 1.165) is 10.2 Å². The molecule has 2 rings (SSSR count). The zero-order chi connectivity index (χ0) is 12.3. The number of benzene rings is 1. The molecule has 0 radical (unpaired) electrons. The van der Waals surface area contributed by atoms with E-state index in [4.69, 9.17) is 4.74 Å². The van der Waals surface area contributed by atoms with Crippen molar-refractivity contribution in [3.63, 3.8) is 0 Å². The lowest BCUT2D eigenvalue weighted by atomic mass is 10.3. The van der Waals surface area contributed by atoms with E-state index >= 15 is 0 Å². The lowest BCUT2D eigenvalue weighted by Gasteiger charge is -2.15. The number of likely N-dealkylation sites (tertiary alicyclic amines) is 1. The first-order valence-corrected chi connectivity index (χ1v) is 6.41. The van der Waals surface area contributed by atoms with Crippen LogP contribution in [0.25, 0.3) is 0 Å². The molecule has 0 unspecified atom stereocenters. The molecule has 2 N–H and O–H groups in total. The van der Waals surface area contributed by atoms with E-state index in [1.165, 1.54) is 0 Å². The largest absolute Gasteiger partial charge is 0.492 e. The first-order chi connectivity index (χ1) is 8.15. The van der Waals surface area contributed by atoms with Crippen LogP contribution in [-0.4, -0.2) is 53.6 Å². The number of nitrogens with zero attached hydrogens (tertiary/aromatic N) is 1. The maximum Gasteiger partial charge on any atom is 0.119 e. The predicted octanol–water partition coefficient (Wildman–Crippen LogP) is 0.865. The third-order valence-electron chi connectivity index (χ3n) is 2.82. The van der Waals surface area contributed by atoms with Crippen molar-refractivity contribution in [2.75, 3.05) is 26.2 Å². The number of β-amino-alcohol motifs (C(OH)–C–C–N with tert-alkyl or cyclic N) is 2. The maximum atomic E-state index is 9.38. The van der Waals surface area contributed by atoms with Crippen molar-refractivity contribution >= 4 is 15.9 Å². The summed E-state index contributed by atoms with van der Waals surface area (Å²) in [6.45, 7) is 2.31. The quantitative estimate of drug-likeness (QED) is 0.866. The normalized spacial score (nSPS) is 25.1. The van der Waals surface area contributed by atoms with Gasteiger partial charge in [-0.3, -0.25) is 4.90 Å². The summed E-state index contributed by atoms with van der Waals surface area (Å²) in [5, 5.41) is 18.8. The fourth-order valence-electron chi connectivity index (χ4n) is 1.85. The van der Waals surface area contributed by atoms with Gasteiger partial charge in [-0.2, -0.15) is 0 Å². The molecule has 1 fully saturated rings. The molecule has 0 spiro atoms. The van der Waals surface area contributed by atoms with E-state index in [2.05, 4.69) is 15.9 Å². The molecule has 1 aliphatic heterocycles. The van der Waals surface area contributed by atoms with Gasteiger partial charge in [-0.25, -0.2) is 0 Å². The van der Waals surface area contributed by atoms with Crippen molar-refractivity contribution in [1.82, 2.24) is 4.90 Å². The summed E-state index contributed by atoms with van der Waals surface area (Å²) in [5.74, 6) is 0.827. The Morgan fingerprint density at radius 3 is 2.35 bits per heavy atom. The third kappa shape index (κ3) is 3.67. The smallest absolute Gasteiger partial charge is 0.119 e. The van der Waals surface area contributed by atoms with Crippen molar-refractivity contribution in [2.24, 2.45) is 0 Å². The first-order valence-electron chi connectivity index (χ1n) is 5.62. The topological polar surface area (TPSA) is 52.9 Å². The van der Waals surface area contributed by atoms with Crippen molar-refractivity contribution < 1.29 is 14.9 Å². The van der Waals surface area contributed by atoms with Gasteiger partial charge in [0.05, 0.1) is 12.2 Å². The van der Waals surface area contributed by atoms with Crippen molar-refractivity contribution in [3.05, 3.63) is 28.7 Å². The van der Waals surface area contributed by atoms with E-state index in [1.54, 1.807) is 0 Å². The van der Waals surface area contributed by atoms with Gasteiger partial charge in [-0.15, -0.1) is 0 Å². The van der Waals surface area contributed by atoms with Gasteiger partial charge in [0.15, 0.2) is 0 Å². The van der Waals surface area contributed by atoms with Gasteiger partial charge in [0, 0.05) is 24.1 Å². The second kappa shape index (κ2) is 5.82. The van der Waals surface area contributed by atoms with E-state index in [1.807, 2.05) is 29.2 Å². The molecule has 1 aliphatic rings. The highest BCUT2D eigenvalue weighted by atomic mass is 79.9. The Bertz CT molecular complexity index is 347. The number of ether oxygens (including phenoxy) is 1. The fourth-order valence-corrected chi connectivity index (χ4v) is 2.12. The molecule has 1 saturated heterocycles. The molecule has 1 aromatic rings. The molecule has 17 heavy (non-hydrogen) atoms. The third-order valence-corrected chi connectivity index (χ3v) is 3.35. The number of aliphatic hydroxyl groups is 2. The Labute approximate surface area is 109 Å². The van der Waals surface area contributed by atoms with Gasteiger partial charge in [0.25, 0.3) is 0 Å². The molecule has 1 heterocycles. The zero-order valence-electron chi connectivity index (χ0n) is 9.42. The average molecular weight is 302 g/mol. The Morgan fingerprint density at radius 1 is 1.18 bits per heavy atom. The Morgan fingerprint density at radius 2 is 1.76 bits per heavy atom. The number of hydrogen-bond acceptors (Lipinski definition) is 4. The number of aliphatic hydroxyl groups excluding tert-OH is 2. The molecule has 0 amide bonds. The molecule has 2 atom stereocenters. The van der Waals surface area contributed by atoms with Crippen LogP contribution in [0.3, 0.4) is 0 Å². The Kier molecular flexibility index (Phi) is 4.39. The molecule has 0 aromatic heterocycles. The summed E-state index contributed by atoms with van der Waals surface area (Å²) in [5.41, 5.74) is 0. The van der Waals surface area contributed by atoms with Gasteiger partial charge in [0.2, 0.25) is 0 Å². The summed E-state index contributed by atoms with van der Waals surface area (Å²) >= 11 is 3.36. The van der Waals surface area contributed by atoms with E-state index in [9.17, 15) is 10.2 Å². The molecule has 4 nitrogen and oxygen atoms in total. The van der Waals surface area contributed by atoms with Gasteiger partial charge in [-0.1, -0.05) is 15.9 Å². The second-order valence-corrected chi connectivity index (χ2v) is 5.11. The Balaban J connectivity index is 1.71. The van der Waals surface area contributed by atoms with Gasteiger partial charge < -0.3 is 14.9 Å². The minimum absolute atomic E-state index is 0.519. The van der Waals surface area contributed by atoms with Crippen molar-refractivity contribution in [2.45, 2.75) is 12.2 Å². The van der Waals surface area contributed by atoms with Crippen LogP contribution in [0.15, 0.2) is 28.7 Å². The van der Waals surface area contributed by atoms with Gasteiger partial charge in [0.1, 0.15) is 12.4 Å². The van der Waals surface area contributed by atoms with Crippen LogP contribution < -0.4 is 4.74 Å². The van der Waals surface area contributed by atoms with Crippen LogP contribution in [0.1, 0.15) is 0 Å². The minimum Gasteiger partial charge on any atom is -0.492 e. The molecule has 0 aliphatic carbocycles. The number of hydrogen-bond donors (Lipinski definition) is 2. The summed E-state index contributed by atoms with van der Waals surface area (Å²) < 4.78 is 6.59. The molecule has 94 valence electrons. The fraction of sp³-hybridized carbons (Fsp3) is 0.500. The summed E-state index contributed by atoms with van der Waals surface area (Å²) in [6, 6.07) is 7.66. The average Bonchev–Trinajstić information content (AvgIpc) is 2.61. The van der Waals surface area contributed by atoms with Crippen LogP contribution in [0, 0.1) is 0 Å². The highest BCUT2D eigenvalue weighted by molar-refractivity contribution is 9.10. The number of halogens is 1. The number of rotatable bonds is 4. The molecule has 1 aromatic carbocycles. The SMILES string of the molecule is O[C@@H]1CN(CCOc2ccc(Br)cc2)C[C@@H]1O. The van der Waals surface area contributed by atoms with Crippen LogP contribution in [0.2, 0.25) is 0 Å². The highest BCUT2D eigenvalue weighted by Crippen LogP contribution is 2.16. The Hall–Kier alpha value is -0.620. The first kappa shape index (κ1) is 12.8. The van der Waals surface area contributed by atoms with Crippen LogP contribution in [0.5, 0.6) is 5.75 Å². The lowest BCUT2D eigenvalue weighted by molar-refractivity contribution is 0.0572.